The molecule has 0 saturated heterocycles. The highest BCUT2D eigenvalue weighted by atomic mass is 16.5. The number of hydrogen-bond donors (Lipinski definition) is 2. The predicted octanol–water partition coefficient (Wildman–Crippen LogP) is 3.40. The third kappa shape index (κ3) is 4.47. The standard InChI is InChI=1S/C19H25N3O3/c1-11(14-7-9-15(10-8-14)19(4,5)6)20-17(23)18(24)21-16-12(2)22-25-13(16)3/h7-11H,1-6H3,(H,20,23)(H,21,24)/t11-/m1/s1. The molecule has 2 amide bonds. The minimum absolute atomic E-state index is 0.0687. The third-order valence-corrected chi connectivity index (χ3v) is 4.10. The number of carbonyl (C=O) groups is 2. The first-order valence-electron chi connectivity index (χ1n) is 8.24. The van der Waals surface area contributed by atoms with Gasteiger partial charge in [-0.15, -0.1) is 0 Å². The van der Waals surface area contributed by atoms with Gasteiger partial charge < -0.3 is 15.2 Å². The molecule has 1 atom stereocenters. The minimum atomic E-state index is -0.743. The average Bonchev–Trinajstić information content (AvgIpc) is 2.86. The maximum Gasteiger partial charge on any atom is 0.313 e. The first kappa shape index (κ1) is 18.7. The Kier molecular flexibility index (Phi) is 5.30. The van der Waals surface area contributed by atoms with Crippen LogP contribution < -0.4 is 10.6 Å². The average molecular weight is 343 g/mol. The number of nitrogens with one attached hydrogen (secondary N) is 2. The summed E-state index contributed by atoms with van der Waals surface area (Å²) in [5.41, 5.74) is 3.18. The van der Waals surface area contributed by atoms with Crippen molar-refractivity contribution in [2.45, 2.75) is 53.0 Å². The van der Waals surface area contributed by atoms with Crippen LogP contribution in [0.2, 0.25) is 0 Å². The fourth-order valence-corrected chi connectivity index (χ4v) is 2.45. The molecule has 0 bridgehead atoms. The lowest BCUT2D eigenvalue weighted by atomic mass is 9.86. The third-order valence-electron chi connectivity index (χ3n) is 4.10. The highest BCUT2D eigenvalue weighted by Gasteiger charge is 2.21. The van der Waals surface area contributed by atoms with Crippen LogP contribution in [0.3, 0.4) is 0 Å². The van der Waals surface area contributed by atoms with E-state index >= 15 is 0 Å². The Bertz CT molecular complexity index is 751. The Morgan fingerprint density at radius 2 is 1.68 bits per heavy atom. The molecule has 1 heterocycles. The van der Waals surface area contributed by atoms with Crippen molar-refractivity contribution in [3.8, 4) is 0 Å². The molecule has 2 aromatic rings. The molecule has 0 radical (unpaired) electrons. The second kappa shape index (κ2) is 7.09. The van der Waals surface area contributed by atoms with E-state index in [0.717, 1.165) is 5.56 Å². The van der Waals surface area contributed by atoms with E-state index in [1.807, 2.05) is 31.2 Å². The highest BCUT2D eigenvalue weighted by molar-refractivity contribution is 6.39. The van der Waals surface area contributed by atoms with Crippen molar-refractivity contribution in [2.75, 3.05) is 5.32 Å². The van der Waals surface area contributed by atoms with Crippen LogP contribution in [0.4, 0.5) is 5.69 Å². The summed E-state index contributed by atoms with van der Waals surface area (Å²) in [5, 5.41) is 8.98. The summed E-state index contributed by atoms with van der Waals surface area (Å²) in [6.45, 7) is 11.6. The maximum absolute atomic E-state index is 12.1. The second-order valence-electron chi connectivity index (χ2n) is 7.22. The van der Waals surface area contributed by atoms with E-state index < -0.39 is 11.8 Å². The number of aromatic nitrogens is 1. The molecule has 0 fully saturated rings. The Labute approximate surface area is 148 Å². The summed E-state index contributed by atoms with van der Waals surface area (Å²) in [6.07, 6.45) is 0. The zero-order valence-corrected chi connectivity index (χ0v) is 15.6. The van der Waals surface area contributed by atoms with E-state index in [1.54, 1.807) is 13.8 Å². The van der Waals surface area contributed by atoms with E-state index in [-0.39, 0.29) is 11.5 Å². The largest absolute Gasteiger partial charge is 0.359 e. The van der Waals surface area contributed by atoms with Crippen LogP contribution in [0.25, 0.3) is 0 Å². The van der Waals surface area contributed by atoms with Crippen LogP contribution in [0, 0.1) is 13.8 Å². The molecule has 0 saturated carbocycles. The number of hydrogen-bond acceptors (Lipinski definition) is 4. The van der Waals surface area contributed by atoms with Gasteiger partial charge in [-0.05, 0) is 37.3 Å². The molecular formula is C19H25N3O3. The van der Waals surface area contributed by atoms with Gasteiger partial charge in [-0.25, -0.2) is 0 Å². The van der Waals surface area contributed by atoms with Crippen LogP contribution in [-0.4, -0.2) is 17.0 Å². The fourth-order valence-electron chi connectivity index (χ4n) is 2.45. The van der Waals surface area contributed by atoms with Crippen LogP contribution in [0.15, 0.2) is 28.8 Å². The molecule has 2 N–H and O–H groups in total. The molecule has 134 valence electrons. The quantitative estimate of drug-likeness (QED) is 0.837. The van der Waals surface area contributed by atoms with E-state index in [9.17, 15) is 9.59 Å². The molecule has 0 spiro atoms. The van der Waals surface area contributed by atoms with Crippen LogP contribution in [0.5, 0.6) is 0 Å². The Morgan fingerprint density at radius 3 is 2.16 bits per heavy atom. The van der Waals surface area contributed by atoms with Crippen LogP contribution in [-0.2, 0) is 15.0 Å². The van der Waals surface area contributed by atoms with Crippen molar-refractivity contribution in [1.29, 1.82) is 0 Å². The van der Waals surface area contributed by atoms with Crippen molar-refractivity contribution >= 4 is 17.5 Å². The Hall–Kier alpha value is -2.63. The Balaban J connectivity index is 2.01. The smallest absolute Gasteiger partial charge is 0.313 e. The molecule has 25 heavy (non-hydrogen) atoms. The zero-order valence-electron chi connectivity index (χ0n) is 15.6. The van der Waals surface area contributed by atoms with Crippen molar-refractivity contribution < 1.29 is 14.1 Å². The number of benzene rings is 1. The van der Waals surface area contributed by atoms with Gasteiger partial charge in [0.25, 0.3) is 0 Å². The van der Waals surface area contributed by atoms with Gasteiger partial charge in [-0.1, -0.05) is 50.2 Å². The van der Waals surface area contributed by atoms with Gasteiger partial charge in [-0.2, -0.15) is 0 Å². The number of nitrogens with zero attached hydrogens (tertiary/aromatic N) is 1. The minimum Gasteiger partial charge on any atom is -0.359 e. The van der Waals surface area contributed by atoms with E-state index in [2.05, 4.69) is 36.6 Å². The van der Waals surface area contributed by atoms with E-state index in [0.29, 0.717) is 17.1 Å². The van der Waals surface area contributed by atoms with Crippen molar-refractivity contribution in [3.63, 3.8) is 0 Å². The number of carbonyl (C=O) groups excluding carboxylic acids is 2. The summed E-state index contributed by atoms with van der Waals surface area (Å²) in [4.78, 5) is 24.2. The van der Waals surface area contributed by atoms with Gasteiger partial charge >= 0.3 is 11.8 Å². The molecule has 6 nitrogen and oxygen atoms in total. The van der Waals surface area contributed by atoms with Crippen LogP contribution in [0.1, 0.15) is 56.3 Å². The Morgan fingerprint density at radius 1 is 1.08 bits per heavy atom. The highest BCUT2D eigenvalue weighted by Crippen LogP contribution is 2.24. The lowest BCUT2D eigenvalue weighted by molar-refractivity contribution is -0.136. The fraction of sp³-hybridized carbons (Fsp3) is 0.421. The molecule has 2 rings (SSSR count). The molecule has 1 aromatic carbocycles. The summed E-state index contributed by atoms with van der Waals surface area (Å²) >= 11 is 0. The number of aryl methyl sites for hydroxylation is 2. The van der Waals surface area contributed by atoms with Crippen molar-refractivity contribution in [2.24, 2.45) is 0 Å². The molecular weight excluding hydrogens is 318 g/mol. The second-order valence-corrected chi connectivity index (χ2v) is 7.22. The number of rotatable bonds is 3. The first-order chi connectivity index (χ1) is 11.6. The van der Waals surface area contributed by atoms with E-state index in [1.165, 1.54) is 5.56 Å². The van der Waals surface area contributed by atoms with Crippen molar-refractivity contribution in [1.82, 2.24) is 10.5 Å². The molecule has 0 aliphatic carbocycles. The molecule has 1 aromatic heterocycles. The zero-order chi connectivity index (χ0) is 18.8. The lowest BCUT2D eigenvalue weighted by Crippen LogP contribution is -2.37. The van der Waals surface area contributed by atoms with Crippen LogP contribution >= 0.6 is 0 Å². The van der Waals surface area contributed by atoms with E-state index in [4.69, 9.17) is 4.52 Å². The van der Waals surface area contributed by atoms with Gasteiger partial charge in [0.1, 0.15) is 11.4 Å². The van der Waals surface area contributed by atoms with Gasteiger partial charge in [0.2, 0.25) is 0 Å². The number of anilines is 1. The molecule has 0 unspecified atom stereocenters. The lowest BCUT2D eigenvalue weighted by Gasteiger charge is -2.20. The first-order valence-corrected chi connectivity index (χ1v) is 8.24. The predicted molar refractivity (Wildman–Crippen MR) is 96.3 cm³/mol. The normalized spacial score (nSPS) is 12.6. The van der Waals surface area contributed by atoms with Crippen molar-refractivity contribution in [3.05, 3.63) is 46.8 Å². The summed E-state index contributed by atoms with van der Waals surface area (Å²) < 4.78 is 4.97. The molecule has 0 aliphatic heterocycles. The monoisotopic (exact) mass is 343 g/mol. The van der Waals surface area contributed by atoms with Gasteiger partial charge in [0.05, 0.1) is 6.04 Å². The summed E-state index contributed by atoms with van der Waals surface area (Å²) in [5.74, 6) is -0.982. The molecule has 0 aliphatic rings. The number of amides is 2. The van der Waals surface area contributed by atoms with Gasteiger partial charge in [-0.3, -0.25) is 9.59 Å². The van der Waals surface area contributed by atoms with Gasteiger partial charge in [0.15, 0.2) is 5.76 Å². The maximum atomic E-state index is 12.1. The summed E-state index contributed by atoms with van der Waals surface area (Å²) in [6, 6.07) is 7.75. The van der Waals surface area contributed by atoms with Gasteiger partial charge in [0, 0.05) is 0 Å². The molecule has 6 heteroatoms. The SMILES string of the molecule is Cc1noc(C)c1NC(=O)C(=O)N[C@H](C)c1ccc(C(C)(C)C)cc1. The summed E-state index contributed by atoms with van der Waals surface area (Å²) in [7, 11) is 0. The topological polar surface area (TPSA) is 84.2 Å².